The number of pyridine rings is 1. The van der Waals surface area contributed by atoms with Gasteiger partial charge in [0.25, 0.3) is 0 Å². The molecule has 0 fully saturated rings. The summed E-state index contributed by atoms with van der Waals surface area (Å²) in [4.78, 5) is 13.3. The number of anilines is 1. The first-order valence-electron chi connectivity index (χ1n) is 8.07. The van der Waals surface area contributed by atoms with E-state index >= 15 is 0 Å². The van der Waals surface area contributed by atoms with Crippen molar-refractivity contribution in [3.8, 4) is 5.88 Å². The van der Waals surface area contributed by atoms with Crippen LogP contribution in [-0.2, 0) is 0 Å². The minimum Gasteiger partial charge on any atom is -0.481 e. The molecule has 1 unspecified atom stereocenters. The molecular weight excluding hydrogens is 332 g/mol. The zero-order valence-corrected chi connectivity index (χ0v) is 15.1. The van der Waals surface area contributed by atoms with Crippen molar-refractivity contribution >= 4 is 38.1 Å². The summed E-state index contributed by atoms with van der Waals surface area (Å²) >= 11 is 1.76. The van der Waals surface area contributed by atoms with Crippen LogP contribution >= 0.6 is 11.3 Å². The molecule has 3 heterocycles. The molecule has 5 nitrogen and oxygen atoms in total. The van der Waals surface area contributed by atoms with Crippen molar-refractivity contribution in [3.63, 3.8) is 0 Å². The Kier molecular flexibility index (Phi) is 3.97. The van der Waals surface area contributed by atoms with E-state index in [1.54, 1.807) is 24.6 Å². The van der Waals surface area contributed by atoms with Crippen LogP contribution in [-0.4, -0.2) is 22.1 Å². The summed E-state index contributed by atoms with van der Waals surface area (Å²) < 4.78 is 6.54. The van der Waals surface area contributed by atoms with Crippen LogP contribution in [0.25, 0.3) is 21.0 Å². The monoisotopic (exact) mass is 350 g/mol. The van der Waals surface area contributed by atoms with Crippen LogP contribution in [0.3, 0.4) is 0 Å². The van der Waals surface area contributed by atoms with Crippen LogP contribution in [0.15, 0.2) is 41.9 Å². The number of hydrogen-bond acceptors (Lipinski definition) is 6. The fraction of sp³-hybridized carbons (Fsp3) is 0.211. The number of aromatic nitrogens is 3. The largest absolute Gasteiger partial charge is 0.481 e. The Bertz CT molecular complexity index is 1060. The van der Waals surface area contributed by atoms with Gasteiger partial charge in [0.15, 0.2) is 0 Å². The average Bonchev–Trinajstić information content (AvgIpc) is 3.10. The van der Waals surface area contributed by atoms with E-state index < -0.39 is 0 Å². The van der Waals surface area contributed by atoms with Crippen molar-refractivity contribution in [2.45, 2.75) is 19.9 Å². The highest BCUT2D eigenvalue weighted by atomic mass is 32.1. The summed E-state index contributed by atoms with van der Waals surface area (Å²) in [5, 5.41) is 7.86. The Balaban J connectivity index is 1.78. The minimum atomic E-state index is 0.106. The summed E-state index contributed by atoms with van der Waals surface area (Å²) in [6.45, 7) is 4.03. The van der Waals surface area contributed by atoms with Gasteiger partial charge in [0.2, 0.25) is 5.88 Å². The number of aryl methyl sites for hydroxylation is 1. The van der Waals surface area contributed by atoms with Crippen molar-refractivity contribution in [1.29, 1.82) is 0 Å². The maximum Gasteiger partial charge on any atom is 0.213 e. The predicted octanol–water partition coefficient (Wildman–Crippen LogP) is 4.73. The van der Waals surface area contributed by atoms with Crippen molar-refractivity contribution in [2.75, 3.05) is 12.4 Å². The number of thiophene rings is 1. The summed E-state index contributed by atoms with van der Waals surface area (Å²) in [6, 6.07) is 10.6. The van der Waals surface area contributed by atoms with Crippen LogP contribution in [0.1, 0.15) is 24.4 Å². The third-order valence-corrected chi connectivity index (χ3v) is 5.11. The quantitative estimate of drug-likeness (QED) is 0.576. The van der Waals surface area contributed by atoms with E-state index in [0.29, 0.717) is 11.7 Å². The Morgan fingerprint density at radius 1 is 1.16 bits per heavy atom. The third kappa shape index (κ3) is 2.89. The molecule has 1 aromatic carbocycles. The molecule has 0 aliphatic rings. The van der Waals surface area contributed by atoms with E-state index in [1.165, 1.54) is 15.6 Å². The van der Waals surface area contributed by atoms with Crippen LogP contribution in [0.5, 0.6) is 5.88 Å². The molecule has 4 rings (SSSR count). The van der Waals surface area contributed by atoms with Gasteiger partial charge in [0.1, 0.15) is 11.6 Å². The predicted molar refractivity (Wildman–Crippen MR) is 102 cm³/mol. The molecule has 3 aromatic heterocycles. The molecule has 0 radical (unpaired) electrons. The fourth-order valence-corrected chi connectivity index (χ4v) is 3.85. The molecule has 4 aromatic rings. The Hall–Kier alpha value is -2.73. The van der Waals surface area contributed by atoms with Gasteiger partial charge in [-0.15, -0.1) is 11.3 Å². The maximum atomic E-state index is 5.25. The molecule has 0 amide bonds. The van der Waals surface area contributed by atoms with Gasteiger partial charge in [-0.25, -0.2) is 15.0 Å². The summed E-state index contributed by atoms with van der Waals surface area (Å²) in [7, 11) is 1.61. The topological polar surface area (TPSA) is 59.9 Å². The van der Waals surface area contributed by atoms with Crippen molar-refractivity contribution in [2.24, 2.45) is 0 Å². The molecule has 0 saturated carbocycles. The van der Waals surface area contributed by atoms with Crippen LogP contribution < -0.4 is 10.1 Å². The number of methoxy groups -OCH3 is 1. The van der Waals surface area contributed by atoms with Gasteiger partial charge in [0, 0.05) is 16.2 Å². The lowest BCUT2D eigenvalue weighted by Gasteiger charge is -2.18. The molecule has 0 aliphatic carbocycles. The highest BCUT2D eigenvalue weighted by Gasteiger charge is 2.14. The summed E-state index contributed by atoms with van der Waals surface area (Å²) in [5.41, 5.74) is 2.06. The molecule has 1 N–H and O–H groups in total. The van der Waals surface area contributed by atoms with Crippen molar-refractivity contribution in [3.05, 3.63) is 53.3 Å². The highest BCUT2D eigenvalue weighted by molar-refractivity contribution is 7.17. The lowest BCUT2D eigenvalue weighted by molar-refractivity contribution is 0.398. The van der Waals surface area contributed by atoms with E-state index in [0.717, 1.165) is 16.7 Å². The third-order valence-electron chi connectivity index (χ3n) is 4.23. The number of nitrogens with zero attached hydrogens (tertiary/aromatic N) is 3. The van der Waals surface area contributed by atoms with Crippen molar-refractivity contribution < 1.29 is 4.74 Å². The van der Waals surface area contributed by atoms with Crippen LogP contribution in [0, 0.1) is 6.92 Å². The lowest BCUT2D eigenvalue weighted by Crippen LogP contribution is -2.10. The molecule has 6 heteroatoms. The smallest absolute Gasteiger partial charge is 0.213 e. The van der Waals surface area contributed by atoms with E-state index in [9.17, 15) is 0 Å². The second kappa shape index (κ2) is 6.29. The second-order valence-electron chi connectivity index (χ2n) is 5.91. The number of benzene rings is 1. The van der Waals surface area contributed by atoms with Gasteiger partial charge in [-0.1, -0.05) is 12.1 Å². The van der Waals surface area contributed by atoms with Crippen LogP contribution in [0.4, 0.5) is 5.82 Å². The molecule has 0 spiro atoms. The number of nitrogens with one attached hydrogen (secondary N) is 1. The lowest BCUT2D eigenvalue weighted by atomic mass is 10.0. The molecule has 0 bridgehead atoms. The van der Waals surface area contributed by atoms with Crippen molar-refractivity contribution in [1.82, 2.24) is 15.0 Å². The number of ether oxygens (including phenoxy) is 1. The normalized spacial score (nSPS) is 12.4. The van der Waals surface area contributed by atoms with Crippen LogP contribution in [0.2, 0.25) is 0 Å². The summed E-state index contributed by atoms with van der Waals surface area (Å²) in [6.07, 6.45) is 1.72. The minimum absolute atomic E-state index is 0.106. The van der Waals surface area contributed by atoms with Gasteiger partial charge < -0.3 is 10.1 Å². The van der Waals surface area contributed by atoms with Gasteiger partial charge in [0.05, 0.1) is 24.9 Å². The van der Waals surface area contributed by atoms with Gasteiger partial charge in [-0.2, -0.15) is 0 Å². The maximum absolute atomic E-state index is 5.25. The second-order valence-corrected chi connectivity index (χ2v) is 6.86. The molecule has 1 atom stereocenters. The average molecular weight is 350 g/mol. The first kappa shape index (κ1) is 15.8. The molecule has 126 valence electrons. The van der Waals surface area contributed by atoms with Gasteiger partial charge >= 0.3 is 0 Å². The molecular formula is C19H18N4OS. The van der Waals surface area contributed by atoms with E-state index in [-0.39, 0.29) is 6.04 Å². The number of fused-ring (bicyclic) bond motifs is 2. The molecule has 0 saturated heterocycles. The number of rotatable bonds is 4. The number of hydrogen-bond donors (Lipinski definition) is 1. The Morgan fingerprint density at radius 2 is 2.04 bits per heavy atom. The summed E-state index contributed by atoms with van der Waals surface area (Å²) in [5.74, 6) is 2.06. The van der Waals surface area contributed by atoms with Gasteiger partial charge in [-0.05, 0) is 42.3 Å². The zero-order chi connectivity index (χ0) is 17.4. The molecule has 0 aliphatic heterocycles. The molecule has 25 heavy (non-hydrogen) atoms. The van der Waals surface area contributed by atoms with E-state index in [1.807, 2.05) is 13.0 Å². The van der Waals surface area contributed by atoms with Gasteiger partial charge in [-0.3, -0.25) is 0 Å². The Labute approximate surface area is 149 Å². The van der Waals surface area contributed by atoms with E-state index in [4.69, 9.17) is 4.74 Å². The SMILES string of the molecule is COc1cc2c(NC(C)c3cccc4sccc34)nc(C)nc2cn1. The van der Waals surface area contributed by atoms with E-state index in [2.05, 4.69) is 56.8 Å². The highest BCUT2D eigenvalue weighted by Crippen LogP contribution is 2.31. The first-order valence-corrected chi connectivity index (χ1v) is 8.94. The first-order chi connectivity index (χ1) is 12.2. The zero-order valence-electron chi connectivity index (χ0n) is 14.3. The Morgan fingerprint density at radius 3 is 2.88 bits per heavy atom. The fourth-order valence-electron chi connectivity index (χ4n) is 3.03. The standard InChI is InChI=1S/C19H18N4OS/c1-11(13-5-4-6-17-14(13)7-8-25-17)21-19-15-9-18(24-3)20-10-16(15)22-12(2)23-19/h4-11H,1-3H3,(H,21,22,23).